The Morgan fingerprint density at radius 3 is 2.84 bits per heavy atom. The summed E-state index contributed by atoms with van der Waals surface area (Å²) in [5.74, 6) is 0. The Hall–Kier alpha value is -3.85. The molecular weight excluding hydrogens is 384 g/mol. The third-order valence-corrected chi connectivity index (χ3v) is 5.72. The molecule has 4 rings (SSSR count). The molecule has 2 aromatic carbocycles. The van der Waals surface area contributed by atoms with E-state index in [9.17, 15) is 5.26 Å². The van der Waals surface area contributed by atoms with Gasteiger partial charge in [-0.3, -0.25) is 4.68 Å². The summed E-state index contributed by atoms with van der Waals surface area (Å²) in [6.45, 7) is 6.09. The lowest BCUT2D eigenvalue weighted by Crippen LogP contribution is -2.19. The second-order valence-electron chi connectivity index (χ2n) is 8.01. The van der Waals surface area contributed by atoms with Gasteiger partial charge in [-0.15, -0.1) is 0 Å². The van der Waals surface area contributed by atoms with Gasteiger partial charge in [-0.2, -0.15) is 10.4 Å². The van der Waals surface area contributed by atoms with Crippen LogP contribution in [0.2, 0.25) is 0 Å². The van der Waals surface area contributed by atoms with Gasteiger partial charge in [0.15, 0.2) is 0 Å². The number of aryl methyl sites for hydroxylation is 1. The van der Waals surface area contributed by atoms with Crippen molar-refractivity contribution in [3.05, 3.63) is 77.1 Å². The summed E-state index contributed by atoms with van der Waals surface area (Å²) in [4.78, 5) is 0. The smallest absolute Gasteiger partial charge is 0.0998 e. The van der Waals surface area contributed by atoms with E-state index in [1.807, 2.05) is 44.4 Å². The van der Waals surface area contributed by atoms with Crippen molar-refractivity contribution in [1.82, 2.24) is 9.78 Å². The van der Waals surface area contributed by atoms with Crippen LogP contribution in [0.1, 0.15) is 53.6 Å². The maximum atomic E-state index is 9.53. The molecule has 1 aliphatic rings. The molecule has 0 fully saturated rings. The van der Waals surface area contributed by atoms with E-state index in [0.29, 0.717) is 5.56 Å². The lowest BCUT2D eigenvalue weighted by atomic mass is 9.81. The topological polar surface area (TPSA) is 89.5 Å². The highest BCUT2D eigenvalue weighted by Gasteiger charge is 2.24. The predicted octanol–water partition coefficient (Wildman–Crippen LogP) is 5.56. The first-order chi connectivity index (χ1) is 15.0. The fraction of sp³-hybridized carbons (Fsp3) is 0.240. The molecule has 1 heterocycles. The molecule has 3 aromatic rings. The van der Waals surface area contributed by atoms with Gasteiger partial charge in [0.1, 0.15) is 0 Å². The minimum Gasteiger partial charge on any atom is -0.378 e. The first-order valence-corrected chi connectivity index (χ1v) is 10.4. The first-order valence-electron chi connectivity index (χ1n) is 10.4. The molecule has 156 valence electrons. The quantitative estimate of drug-likeness (QED) is 0.464. The van der Waals surface area contributed by atoms with Crippen molar-refractivity contribution >= 4 is 28.8 Å². The molecular formula is C25H26N6. The van der Waals surface area contributed by atoms with E-state index in [1.165, 1.54) is 17.3 Å². The molecule has 1 atom stereocenters. The van der Waals surface area contributed by atoms with E-state index < -0.39 is 0 Å². The van der Waals surface area contributed by atoms with Gasteiger partial charge in [0.2, 0.25) is 0 Å². The van der Waals surface area contributed by atoms with E-state index in [4.69, 9.17) is 5.41 Å². The number of nitriles is 1. The monoisotopic (exact) mass is 410 g/mol. The molecule has 6 heteroatoms. The zero-order valence-corrected chi connectivity index (χ0v) is 17.9. The van der Waals surface area contributed by atoms with Crippen LogP contribution in [0.4, 0.5) is 17.1 Å². The Morgan fingerprint density at radius 1 is 1.32 bits per heavy atom. The van der Waals surface area contributed by atoms with Crippen LogP contribution in [-0.4, -0.2) is 16.0 Å². The summed E-state index contributed by atoms with van der Waals surface area (Å²) >= 11 is 0. The zero-order valence-electron chi connectivity index (χ0n) is 17.9. The minimum absolute atomic E-state index is 0.159. The van der Waals surface area contributed by atoms with Crippen LogP contribution < -0.4 is 10.6 Å². The van der Waals surface area contributed by atoms with E-state index in [2.05, 4.69) is 34.4 Å². The number of anilines is 3. The Labute approximate surface area is 182 Å². The van der Waals surface area contributed by atoms with Gasteiger partial charge in [-0.05, 0) is 72.7 Å². The van der Waals surface area contributed by atoms with Crippen LogP contribution >= 0.6 is 0 Å². The van der Waals surface area contributed by atoms with Crippen molar-refractivity contribution in [3.8, 4) is 6.07 Å². The van der Waals surface area contributed by atoms with Crippen LogP contribution in [0.3, 0.4) is 0 Å². The number of fused-ring (bicyclic) bond motifs is 1. The molecule has 0 saturated heterocycles. The second kappa shape index (κ2) is 8.49. The number of hydrogen-bond donors (Lipinski definition) is 3. The third-order valence-electron chi connectivity index (χ3n) is 5.72. The molecule has 1 aliphatic carbocycles. The number of benzene rings is 2. The molecule has 31 heavy (non-hydrogen) atoms. The summed E-state index contributed by atoms with van der Waals surface area (Å²) in [5.41, 5.74) is 8.63. The molecule has 0 saturated carbocycles. The Kier molecular flexibility index (Phi) is 5.59. The normalized spacial score (nSPS) is 14.9. The highest BCUT2D eigenvalue weighted by atomic mass is 15.3. The van der Waals surface area contributed by atoms with Crippen LogP contribution in [-0.2, 0) is 13.5 Å². The summed E-state index contributed by atoms with van der Waals surface area (Å²) in [5, 5.41) is 28.5. The van der Waals surface area contributed by atoms with E-state index >= 15 is 0 Å². The largest absolute Gasteiger partial charge is 0.378 e. The Balaban J connectivity index is 1.66. The van der Waals surface area contributed by atoms with Crippen molar-refractivity contribution < 1.29 is 0 Å². The van der Waals surface area contributed by atoms with Gasteiger partial charge in [-0.1, -0.05) is 12.6 Å². The van der Waals surface area contributed by atoms with Crippen LogP contribution in [0.25, 0.3) is 5.57 Å². The van der Waals surface area contributed by atoms with Gasteiger partial charge in [0.25, 0.3) is 0 Å². The second-order valence-corrected chi connectivity index (χ2v) is 8.01. The Bertz CT molecular complexity index is 1200. The number of nitrogens with zero attached hydrogens (tertiary/aromatic N) is 3. The average molecular weight is 411 g/mol. The Morgan fingerprint density at radius 2 is 2.16 bits per heavy atom. The SMILES string of the molecule is C=C(C)c1c(C#N)ccc2c1CCC[C@@H]2Nc1ccc(C=N)c(Nc2cnn(C)c2)c1. The highest BCUT2D eigenvalue weighted by molar-refractivity contribution is 5.89. The van der Waals surface area contributed by atoms with E-state index in [0.717, 1.165) is 53.0 Å². The minimum atomic E-state index is 0.159. The summed E-state index contributed by atoms with van der Waals surface area (Å²) in [7, 11) is 1.87. The maximum Gasteiger partial charge on any atom is 0.0998 e. The van der Waals surface area contributed by atoms with E-state index in [1.54, 1.807) is 10.9 Å². The van der Waals surface area contributed by atoms with Crippen molar-refractivity contribution in [2.24, 2.45) is 7.05 Å². The van der Waals surface area contributed by atoms with Crippen molar-refractivity contribution in [2.75, 3.05) is 10.6 Å². The molecule has 3 N–H and O–H groups in total. The van der Waals surface area contributed by atoms with Crippen molar-refractivity contribution in [2.45, 2.75) is 32.2 Å². The van der Waals surface area contributed by atoms with Crippen LogP contribution in [0.5, 0.6) is 0 Å². The third kappa shape index (κ3) is 4.08. The van der Waals surface area contributed by atoms with Gasteiger partial charge in [-0.25, -0.2) is 0 Å². The van der Waals surface area contributed by atoms with Crippen LogP contribution in [0.15, 0.2) is 49.3 Å². The fourth-order valence-corrected chi connectivity index (χ4v) is 4.35. The molecule has 0 spiro atoms. The van der Waals surface area contributed by atoms with Gasteiger partial charge >= 0.3 is 0 Å². The zero-order chi connectivity index (χ0) is 22.0. The molecule has 0 amide bonds. The highest BCUT2D eigenvalue weighted by Crippen LogP contribution is 2.38. The number of aromatic nitrogens is 2. The summed E-state index contributed by atoms with van der Waals surface area (Å²) in [6, 6.07) is 12.5. The van der Waals surface area contributed by atoms with Gasteiger partial charge < -0.3 is 16.0 Å². The molecule has 0 unspecified atom stereocenters. The molecule has 0 aliphatic heterocycles. The fourth-order valence-electron chi connectivity index (χ4n) is 4.35. The van der Waals surface area contributed by atoms with Gasteiger partial charge in [0.05, 0.1) is 29.6 Å². The molecule has 0 radical (unpaired) electrons. The lowest BCUT2D eigenvalue weighted by molar-refractivity contribution is 0.599. The molecule has 0 bridgehead atoms. The van der Waals surface area contributed by atoms with Crippen LogP contribution in [0, 0.1) is 16.7 Å². The van der Waals surface area contributed by atoms with Crippen molar-refractivity contribution in [1.29, 1.82) is 10.7 Å². The molecule has 6 nitrogen and oxygen atoms in total. The maximum absolute atomic E-state index is 9.53. The number of rotatable bonds is 6. The predicted molar refractivity (Wildman–Crippen MR) is 126 cm³/mol. The number of allylic oxidation sites excluding steroid dienone is 1. The number of hydrogen-bond acceptors (Lipinski definition) is 5. The summed E-state index contributed by atoms with van der Waals surface area (Å²) < 4.78 is 1.74. The van der Waals surface area contributed by atoms with E-state index in [-0.39, 0.29) is 6.04 Å². The molecule has 1 aromatic heterocycles. The standard InChI is InChI=1S/C25H26N6/c1-16(2)25-18(13-27)8-10-21-22(25)5-4-6-23(21)29-19-9-7-17(12-26)24(11-19)30-20-14-28-31(3)15-20/h7-12,14-15,23,26,29-30H,1,4-6H2,2-3H3/t23-/m0/s1. The first kappa shape index (κ1) is 20.4. The number of nitrogens with one attached hydrogen (secondary N) is 3. The lowest BCUT2D eigenvalue weighted by Gasteiger charge is -2.30. The summed E-state index contributed by atoms with van der Waals surface area (Å²) in [6.07, 6.45) is 8.05. The average Bonchev–Trinajstić information content (AvgIpc) is 3.17. The van der Waals surface area contributed by atoms with Crippen molar-refractivity contribution in [3.63, 3.8) is 0 Å². The van der Waals surface area contributed by atoms with Gasteiger partial charge in [0, 0.05) is 36.4 Å².